The Bertz CT molecular complexity index is 893. The van der Waals surface area contributed by atoms with Crippen molar-refractivity contribution in [2.24, 2.45) is 0 Å². The van der Waals surface area contributed by atoms with Crippen molar-refractivity contribution < 1.29 is 4.79 Å². The first-order chi connectivity index (χ1) is 13.7. The van der Waals surface area contributed by atoms with Crippen LogP contribution >= 0.6 is 0 Å². The number of nitrogens with zero attached hydrogens (tertiary/aromatic N) is 5. The third-order valence-electron chi connectivity index (χ3n) is 4.80. The predicted molar refractivity (Wildman–Crippen MR) is 104 cm³/mol. The summed E-state index contributed by atoms with van der Waals surface area (Å²) < 4.78 is 3.71. The Morgan fingerprint density at radius 2 is 2.18 bits per heavy atom. The van der Waals surface area contributed by atoms with Gasteiger partial charge in [-0.05, 0) is 43.7 Å². The maximum absolute atomic E-state index is 12.3. The maximum Gasteiger partial charge on any atom is 0.315 e. The van der Waals surface area contributed by atoms with E-state index < -0.39 is 0 Å². The predicted octanol–water partition coefficient (Wildman–Crippen LogP) is 1.52. The molecular formula is C19H24N8O. The van der Waals surface area contributed by atoms with Gasteiger partial charge >= 0.3 is 6.03 Å². The summed E-state index contributed by atoms with van der Waals surface area (Å²) in [6.45, 7) is 5.10. The van der Waals surface area contributed by atoms with Crippen LogP contribution in [0.3, 0.4) is 0 Å². The second-order valence-electron chi connectivity index (χ2n) is 6.86. The first-order valence-corrected chi connectivity index (χ1v) is 9.45. The first-order valence-electron chi connectivity index (χ1n) is 9.45. The number of hydrogen-bond donors (Lipinski definition) is 3. The highest BCUT2D eigenvalue weighted by molar-refractivity contribution is 5.74. The molecule has 0 bridgehead atoms. The van der Waals surface area contributed by atoms with E-state index in [1.807, 2.05) is 41.9 Å². The maximum atomic E-state index is 12.3. The molecule has 2 aromatic heterocycles. The van der Waals surface area contributed by atoms with E-state index >= 15 is 0 Å². The zero-order valence-electron chi connectivity index (χ0n) is 15.8. The van der Waals surface area contributed by atoms with Crippen molar-refractivity contribution >= 4 is 6.03 Å². The number of rotatable bonds is 5. The van der Waals surface area contributed by atoms with Gasteiger partial charge in [-0.25, -0.2) is 14.5 Å². The molecular weight excluding hydrogens is 356 g/mol. The molecule has 3 heterocycles. The lowest BCUT2D eigenvalue weighted by molar-refractivity contribution is 0.237. The third kappa shape index (κ3) is 4.20. The van der Waals surface area contributed by atoms with Gasteiger partial charge in [0.2, 0.25) is 0 Å². The van der Waals surface area contributed by atoms with Gasteiger partial charge in [-0.3, -0.25) is 4.68 Å². The van der Waals surface area contributed by atoms with Crippen molar-refractivity contribution in [3.05, 3.63) is 59.9 Å². The first kappa shape index (κ1) is 18.2. The van der Waals surface area contributed by atoms with Gasteiger partial charge in [0.25, 0.3) is 0 Å². The SMILES string of the molecule is C[C@H](NC(=O)NCc1cc2n(n1)CCCNC2)c1ccc(-n2cncn2)cc1. The molecule has 0 spiro atoms. The molecule has 1 atom stereocenters. The highest BCUT2D eigenvalue weighted by Gasteiger charge is 2.13. The summed E-state index contributed by atoms with van der Waals surface area (Å²) in [5.74, 6) is 0. The molecule has 4 rings (SSSR count). The van der Waals surface area contributed by atoms with Crippen molar-refractivity contribution in [3.63, 3.8) is 0 Å². The van der Waals surface area contributed by atoms with Crippen LogP contribution in [0.2, 0.25) is 0 Å². The van der Waals surface area contributed by atoms with Crippen LogP contribution in [0.4, 0.5) is 4.79 Å². The van der Waals surface area contributed by atoms with Gasteiger partial charge in [-0.1, -0.05) is 12.1 Å². The molecule has 3 aromatic rings. The number of aryl methyl sites for hydroxylation is 1. The normalized spacial score (nSPS) is 14.8. The molecule has 0 aliphatic carbocycles. The van der Waals surface area contributed by atoms with Crippen molar-refractivity contribution in [3.8, 4) is 5.69 Å². The van der Waals surface area contributed by atoms with Gasteiger partial charge in [-0.15, -0.1) is 0 Å². The summed E-state index contributed by atoms with van der Waals surface area (Å²) in [5, 5.41) is 17.9. The Hall–Kier alpha value is -3.20. The van der Waals surface area contributed by atoms with Gasteiger partial charge in [0.15, 0.2) is 0 Å². The van der Waals surface area contributed by atoms with Gasteiger partial charge in [0, 0.05) is 13.1 Å². The zero-order chi connectivity index (χ0) is 19.3. The summed E-state index contributed by atoms with van der Waals surface area (Å²) in [5.41, 5.74) is 3.97. The lowest BCUT2D eigenvalue weighted by atomic mass is 10.1. The highest BCUT2D eigenvalue weighted by atomic mass is 16.2. The summed E-state index contributed by atoms with van der Waals surface area (Å²) in [4.78, 5) is 16.2. The Morgan fingerprint density at radius 3 is 2.96 bits per heavy atom. The molecule has 9 heteroatoms. The van der Waals surface area contributed by atoms with Crippen molar-refractivity contribution in [2.75, 3.05) is 6.54 Å². The van der Waals surface area contributed by atoms with Crippen LogP contribution in [-0.4, -0.2) is 37.1 Å². The van der Waals surface area contributed by atoms with Crippen molar-refractivity contribution in [1.82, 2.24) is 40.5 Å². The molecule has 3 N–H and O–H groups in total. The largest absolute Gasteiger partial charge is 0.332 e. The summed E-state index contributed by atoms with van der Waals surface area (Å²) >= 11 is 0. The Morgan fingerprint density at radius 1 is 1.32 bits per heavy atom. The second kappa shape index (κ2) is 8.22. The number of carbonyl (C=O) groups excluding carboxylic acids is 1. The van der Waals surface area contributed by atoms with Crippen LogP contribution in [0.5, 0.6) is 0 Å². The number of nitrogens with one attached hydrogen (secondary N) is 3. The fraction of sp³-hybridized carbons (Fsp3) is 0.368. The molecule has 2 amide bonds. The number of urea groups is 1. The third-order valence-corrected chi connectivity index (χ3v) is 4.80. The van der Waals surface area contributed by atoms with Crippen molar-refractivity contribution in [1.29, 1.82) is 0 Å². The van der Waals surface area contributed by atoms with Gasteiger partial charge in [0.05, 0.1) is 29.7 Å². The quantitative estimate of drug-likeness (QED) is 0.623. The van der Waals surface area contributed by atoms with Gasteiger partial charge in [0.1, 0.15) is 12.7 Å². The minimum absolute atomic E-state index is 0.118. The van der Waals surface area contributed by atoms with E-state index in [4.69, 9.17) is 0 Å². The zero-order valence-corrected chi connectivity index (χ0v) is 15.8. The smallest absolute Gasteiger partial charge is 0.315 e. The van der Waals surface area contributed by atoms with Crippen molar-refractivity contribution in [2.45, 2.75) is 39.0 Å². The average Bonchev–Trinajstić information content (AvgIpc) is 3.32. The van der Waals surface area contributed by atoms with Gasteiger partial charge in [-0.2, -0.15) is 10.2 Å². The summed E-state index contributed by atoms with van der Waals surface area (Å²) in [6, 6.07) is 9.56. The fourth-order valence-electron chi connectivity index (χ4n) is 3.27. The molecule has 9 nitrogen and oxygen atoms in total. The van der Waals surface area contributed by atoms with E-state index in [9.17, 15) is 4.79 Å². The topological polar surface area (TPSA) is 102 Å². The molecule has 0 unspecified atom stereocenters. The molecule has 0 saturated carbocycles. The lowest BCUT2D eigenvalue weighted by Crippen LogP contribution is -2.36. The van der Waals surface area contributed by atoms with Crippen LogP contribution < -0.4 is 16.0 Å². The number of fused-ring (bicyclic) bond motifs is 1. The van der Waals surface area contributed by atoms with Crippen LogP contribution in [0.25, 0.3) is 5.69 Å². The minimum atomic E-state index is -0.214. The van der Waals surface area contributed by atoms with E-state index in [1.165, 1.54) is 6.33 Å². The Labute approximate surface area is 163 Å². The molecule has 0 fully saturated rings. The lowest BCUT2D eigenvalue weighted by Gasteiger charge is -2.15. The molecule has 0 saturated heterocycles. The molecule has 1 aromatic carbocycles. The van der Waals surface area contributed by atoms with E-state index in [-0.39, 0.29) is 12.1 Å². The monoisotopic (exact) mass is 380 g/mol. The molecule has 146 valence electrons. The number of carbonyl (C=O) groups is 1. The van der Waals surface area contributed by atoms with Gasteiger partial charge < -0.3 is 16.0 Å². The summed E-state index contributed by atoms with van der Waals surface area (Å²) in [7, 11) is 0. The minimum Gasteiger partial charge on any atom is -0.332 e. The molecule has 0 radical (unpaired) electrons. The Kier molecular flexibility index (Phi) is 5.34. The highest BCUT2D eigenvalue weighted by Crippen LogP contribution is 2.15. The second-order valence-corrected chi connectivity index (χ2v) is 6.86. The number of amides is 2. The van der Waals surface area contributed by atoms with Crippen LogP contribution in [0.15, 0.2) is 43.0 Å². The number of benzene rings is 1. The van der Waals surface area contributed by atoms with E-state index in [0.717, 1.165) is 48.7 Å². The van der Waals surface area contributed by atoms with Crippen LogP contribution in [0, 0.1) is 0 Å². The number of hydrogen-bond acceptors (Lipinski definition) is 5. The Balaban J connectivity index is 1.30. The van der Waals surface area contributed by atoms with Crippen LogP contribution in [-0.2, 0) is 19.6 Å². The standard InChI is InChI=1S/C19H24N8O/c1-14(15-3-5-17(6-4-15)27-13-21-12-23-27)24-19(28)22-10-16-9-18-11-20-7-2-8-26(18)25-16/h3-6,9,12-14,20H,2,7-8,10-11H2,1H3,(H2,22,24,28)/t14-/m0/s1. The van der Waals surface area contributed by atoms with Crippen LogP contribution in [0.1, 0.15) is 36.3 Å². The van der Waals surface area contributed by atoms with E-state index in [0.29, 0.717) is 6.54 Å². The molecule has 28 heavy (non-hydrogen) atoms. The summed E-state index contributed by atoms with van der Waals surface area (Å²) in [6.07, 6.45) is 4.21. The fourth-order valence-corrected chi connectivity index (χ4v) is 3.27. The molecule has 1 aliphatic rings. The molecule has 1 aliphatic heterocycles. The van der Waals surface area contributed by atoms with E-state index in [2.05, 4.69) is 31.1 Å². The average molecular weight is 380 g/mol. The number of aromatic nitrogens is 5. The van der Waals surface area contributed by atoms with E-state index in [1.54, 1.807) is 11.0 Å².